The first-order valence-corrected chi connectivity index (χ1v) is 14.2. The summed E-state index contributed by atoms with van der Waals surface area (Å²) in [4.78, 5) is 7.80. The van der Waals surface area contributed by atoms with Crippen LogP contribution in [0.25, 0.3) is 33.9 Å². The fraction of sp³-hybridized carbons (Fsp3) is 0.167. The van der Waals surface area contributed by atoms with E-state index in [0.717, 1.165) is 12.1 Å². The topological polar surface area (TPSA) is 99.0 Å². The summed E-state index contributed by atoms with van der Waals surface area (Å²) in [5, 5.41) is 0.527. The molecule has 0 aliphatic carbocycles. The molecule has 0 aliphatic heterocycles. The number of alkyl halides is 3. The molecule has 2 aromatic heterocycles. The molecule has 0 spiro atoms. The lowest BCUT2D eigenvalue weighted by Crippen LogP contribution is -2.23. The third-order valence-corrected chi connectivity index (χ3v) is 9.21. The standard InChI is InChI=1S/C24H19ClF3N3O4S2/c1-3-36(32,33)21-12-17(15-4-8-18(25)9-5-15)13-29-22(21)23-30-14-20(31(23)2)16-6-10-19(11-7-16)37(34,35)24(26,27)28/h4-14H,3H2,1-2H3. The minimum Gasteiger partial charge on any atom is -0.326 e. The quantitative estimate of drug-likeness (QED) is 0.302. The lowest BCUT2D eigenvalue weighted by molar-refractivity contribution is -0.0436. The number of benzene rings is 2. The molecule has 194 valence electrons. The van der Waals surface area contributed by atoms with Gasteiger partial charge in [-0.15, -0.1) is 0 Å². The van der Waals surface area contributed by atoms with Crippen LogP contribution in [0.1, 0.15) is 6.92 Å². The first-order valence-electron chi connectivity index (χ1n) is 10.7. The van der Waals surface area contributed by atoms with E-state index < -0.39 is 30.1 Å². The second-order valence-corrected chi connectivity index (χ2v) is 12.6. The molecular weight excluding hydrogens is 551 g/mol. The van der Waals surface area contributed by atoms with Gasteiger partial charge in [0.25, 0.3) is 9.84 Å². The molecule has 2 heterocycles. The lowest BCUT2D eigenvalue weighted by Gasteiger charge is -2.12. The second kappa shape index (κ2) is 9.58. The van der Waals surface area contributed by atoms with E-state index in [1.807, 2.05) is 0 Å². The van der Waals surface area contributed by atoms with Gasteiger partial charge in [-0.05, 0) is 41.5 Å². The van der Waals surface area contributed by atoms with Gasteiger partial charge in [0.1, 0.15) is 5.69 Å². The minimum absolute atomic E-state index is 0.0330. The van der Waals surface area contributed by atoms with Crippen LogP contribution in [-0.4, -0.2) is 42.6 Å². The van der Waals surface area contributed by atoms with E-state index in [1.165, 1.54) is 42.1 Å². The summed E-state index contributed by atoms with van der Waals surface area (Å²) in [5.41, 5.74) is -3.26. The second-order valence-electron chi connectivity index (χ2n) is 7.98. The van der Waals surface area contributed by atoms with Crippen LogP contribution < -0.4 is 0 Å². The van der Waals surface area contributed by atoms with Gasteiger partial charge in [-0.2, -0.15) is 13.2 Å². The molecule has 0 N–H and O–H groups in total. The smallest absolute Gasteiger partial charge is 0.326 e. The number of halogens is 4. The third-order valence-electron chi connectivity index (χ3n) is 5.71. The summed E-state index contributed by atoms with van der Waals surface area (Å²) in [6.45, 7) is 1.51. The molecule has 0 saturated carbocycles. The van der Waals surface area contributed by atoms with E-state index in [1.54, 1.807) is 31.3 Å². The van der Waals surface area contributed by atoms with Gasteiger partial charge >= 0.3 is 5.51 Å². The van der Waals surface area contributed by atoms with Gasteiger partial charge in [-0.1, -0.05) is 42.8 Å². The summed E-state index contributed by atoms with van der Waals surface area (Å²) in [5.74, 6) is 0.0229. The maximum atomic E-state index is 13.0. The number of sulfone groups is 2. The van der Waals surface area contributed by atoms with Crippen molar-refractivity contribution in [2.45, 2.75) is 22.2 Å². The fourth-order valence-electron chi connectivity index (χ4n) is 3.64. The van der Waals surface area contributed by atoms with Gasteiger partial charge in [-0.25, -0.2) is 21.8 Å². The Bertz CT molecular complexity index is 1680. The van der Waals surface area contributed by atoms with Crippen molar-refractivity contribution in [1.82, 2.24) is 14.5 Å². The van der Waals surface area contributed by atoms with Crippen molar-refractivity contribution in [2.75, 3.05) is 5.75 Å². The van der Waals surface area contributed by atoms with E-state index in [0.29, 0.717) is 27.4 Å². The molecule has 0 saturated heterocycles. The summed E-state index contributed by atoms with van der Waals surface area (Å²) < 4.78 is 89.4. The van der Waals surface area contributed by atoms with Gasteiger partial charge in [-0.3, -0.25) is 4.98 Å². The molecule has 4 rings (SSSR count). The van der Waals surface area contributed by atoms with E-state index in [4.69, 9.17) is 11.6 Å². The van der Waals surface area contributed by atoms with Crippen molar-refractivity contribution >= 4 is 31.3 Å². The maximum Gasteiger partial charge on any atom is 0.501 e. The van der Waals surface area contributed by atoms with Crippen molar-refractivity contribution in [3.63, 3.8) is 0 Å². The monoisotopic (exact) mass is 569 g/mol. The van der Waals surface area contributed by atoms with Gasteiger partial charge in [0.05, 0.1) is 27.4 Å². The Morgan fingerprint density at radius 1 is 0.865 bits per heavy atom. The first-order chi connectivity index (χ1) is 17.3. The fourth-order valence-corrected chi connectivity index (χ4v) is 5.59. The molecule has 0 unspecified atom stereocenters. The molecule has 0 atom stereocenters. The first kappa shape index (κ1) is 26.8. The Morgan fingerprint density at radius 3 is 2.03 bits per heavy atom. The highest BCUT2D eigenvalue weighted by atomic mass is 35.5. The van der Waals surface area contributed by atoms with E-state index >= 15 is 0 Å². The van der Waals surface area contributed by atoms with Gasteiger partial charge in [0.15, 0.2) is 15.7 Å². The number of hydrogen-bond donors (Lipinski definition) is 0. The molecule has 0 aliphatic rings. The molecule has 2 aromatic carbocycles. The zero-order valence-corrected chi connectivity index (χ0v) is 21.7. The summed E-state index contributed by atoms with van der Waals surface area (Å²) in [6, 6.07) is 12.5. The number of rotatable bonds is 6. The molecule has 0 bridgehead atoms. The van der Waals surface area contributed by atoms with E-state index in [9.17, 15) is 30.0 Å². The lowest BCUT2D eigenvalue weighted by atomic mass is 10.1. The number of hydrogen-bond acceptors (Lipinski definition) is 6. The van der Waals surface area contributed by atoms with Crippen LogP contribution in [0, 0.1) is 0 Å². The normalized spacial score (nSPS) is 12.6. The molecule has 4 aromatic rings. The van der Waals surface area contributed by atoms with Crippen molar-refractivity contribution in [3.05, 3.63) is 72.0 Å². The average molecular weight is 570 g/mol. The number of imidazole rings is 1. The molecule has 0 radical (unpaired) electrons. The number of aromatic nitrogens is 3. The Balaban J connectivity index is 1.79. The molecule has 0 amide bonds. The minimum atomic E-state index is -5.48. The summed E-state index contributed by atoms with van der Waals surface area (Å²) in [7, 11) is -7.63. The predicted octanol–water partition coefficient (Wildman–Crippen LogP) is 5.56. The summed E-state index contributed by atoms with van der Waals surface area (Å²) in [6.07, 6.45) is 2.91. The van der Waals surface area contributed by atoms with Crippen molar-refractivity contribution < 1.29 is 30.0 Å². The van der Waals surface area contributed by atoms with E-state index in [2.05, 4.69) is 9.97 Å². The van der Waals surface area contributed by atoms with E-state index in [-0.39, 0.29) is 22.2 Å². The van der Waals surface area contributed by atoms with Gasteiger partial charge < -0.3 is 4.57 Å². The molecule has 37 heavy (non-hydrogen) atoms. The van der Waals surface area contributed by atoms with Crippen LogP contribution in [0.5, 0.6) is 0 Å². The van der Waals surface area contributed by atoms with Crippen LogP contribution in [-0.2, 0) is 26.7 Å². The van der Waals surface area contributed by atoms with Gasteiger partial charge in [0, 0.05) is 23.8 Å². The average Bonchev–Trinajstić information content (AvgIpc) is 3.24. The van der Waals surface area contributed by atoms with Crippen LogP contribution in [0.15, 0.2) is 76.8 Å². The zero-order valence-electron chi connectivity index (χ0n) is 19.4. The van der Waals surface area contributed by atoms with Crippen LogP contribution >= 0.6 is 11.6 Å². The number of pyridine rings is 1. The highest BCUT2D eigenvalue weighted by Crippen LogP contribution is 2.34. The highest BCUT2D eigenvalue weighted by Gasteiger charge is 2.46. The third kappa shape index (κ3) is 5.00. The Morgan fingerprint density at radius 2 is 1.46 bits per heavy atom. The van der Waals surface area contributed by atoms with Gasteiger partial charge in [0.2, 0.25) is 0 Å². The largest absolute Gasteiger partial charge is 0.501 e. The number of nitrogens with zero attached hydrogens (tertiary/aromatic N) is 3. The Labute approximate surface area is 216 Å². The molecule has 0 fully saturated rings. The highest BCUT2D eigenvalue weighted by molar-refractivity contribution is 7.92. The zero-order chi connectivity index (χ0) is 27.2. The van der Waals surface area contributed by atoms with Crippen LogP contribution in [0.2, 0.25) is 5.02 Å². The molecule has 13 heteroatoms. The van der Waals surface area contributed by atoms with Crippen LogP contribution in [0.4, 0.5) is 13.2 Å². The predicted molar refractivity (Wildman–Crippen MR) is 133 cm³/mol. The summed E-state index contributed by atoms with van der Waals surface area (Å²) >= 11 is 5.95. The maximum absolute atomic E-state index is 13.0. The Hall–Kier alpha value is -3.22. The Kier molecular flexibility index (Phi) is 6.95. The molecular formula is C24H19ClF3N3O4S2. The van der Waals surface area contributed by atoms with Crippen molar-refractivity contribution in [2.24, 2.45) is 7.05 Å². The SMILES string of the molecule is CCS(=O)(=O)c1cc(-c2ccc(Cl)cc2)cnc1-c1ncc(-c2ccc(S(=O)(=O)C(F)(F)F)cc2)n1C. The molecule has 7 nitrogen and oxygen atoms in total. The van der Waals surface area contributed by atoms with Crippen molar-refractivity contribution in [1.29, 1.82) is 0 Å². The van der Waals surface area contributed by atoms with Crippen LogP contribution in [0.3, 0.4) is 0 Å². The van der Waals surface area contributed by atoms with Crippen molar-refractivity contribution in [3.8, 4) is 33.9 Å².